The van der Waals surface area contributed by atoms with Gasteiger partial charge in [-0.2, -0.15) is 17.2 Å². The maximum absolute atomic E-state index is 4.93. The number of rotatable bonds is 1. The van der Waals surface area contributed by atoms with Crippen molar-refractivity contribution in [2.45, 2.75) is 110 Å². The van der Waals surface area contributed by atoms with E-state index in [0.29, 0.717) is 0 Å². The second kappa shape index (κ2) is 20.2. The van der Waals surface area contributed by atoms with E-state index < -0.39 is 20.8 Å². The molecular formula is C36H53Cl4Zr2. The molecule has 0 atom stereocenters. The van der Waals surface area contributed by atoms with Crippen molar-refractivity contribution in [3.8, 4) is 0 Å². The SMILES string of the molecule is CC1=C(C)C(C)(C)C(C2=C(C)C(C)=C(C)C2(C)C)=C1C.CC1=[C-]C(C)(C)C(C)=C1C.[C-]1=CC=CC1.[CH3-].[Cl-].[Cl-].[Cl][Zr+2][Cl].[Zr+3]. The Hall–Kier alpha value is 0.846. The van der Waals surface area contributed by atoms with Crippen molar-refractivity contribution < 1.29 is 71.9 Å². The van der Waals surface area contributed by atoms with Gasteiger partial charge in [-0.3, -0.25) is 12.2 Å². The van der Waals surface area contributed by atoms with Crippen LogP contribution in [0.15, 0.2) is 79.5 Å². The molecule has 0 saturated heterocycles. The van der Waals surface area contributed by atoms with Gasteiger partial charge in [0.25, 0.3) is 0 Å². The first-order valence-corrected chi connectivity index (χ1v) is 19.9. The molecule has 0 aromatic rings. The zero-order valence-electron chi connectivity index (χ0n) is 29.0. The second-order valence-corrected chi connectivity index (χ2v) is 16.2. The largest absolute Gasteiger partial charge is 3.00 e. The standard InChI is InChI=1S/C20H30.C10H15.C5H5.CH3.4ClH.2Zr/c1-11-13(3)17(19(7,8)15(11)5)18-14(4)12(2)16(6)20(18,9)10;1-7-6-10(4,5)9(3)8(7)2;1-2-4-5-3-1;;;;;;;/h1-10H3;1-5H3;1-3H,4H2;1H3;4*1H;;/q;3*-1;;;;;+3;+4/p-4. The maximum Gasteiger partial charge on any atom is 3.00 e. The summed E-state index contributed by atoms with van der Waals surface area (Å²) in [5, 5.41) is 0. The second-order valence-electron chi connectivity index (χ2n) is 12.4. The molecule has 0 aromatic carbocycles. The number of hydrogen-bond donors (Lipinski definition) is 0. The summed E-state index contributed by atoms with van der Waals surface area (Å²) in [6.45, 7) is 34.2. The maximum atomic E-state index is 4.93. The molecule has 0 fully saturated rings. The van der Waals surface area contributed by atoms with Crippen molar-refractivity contribution in [2.24, 2.45) is 16.2 Å². The average Bonchev–Trinajstić information content (AvgIpc) is 3.54. The van der Waals surface area contributed by atoms with Crippen LogP contribution in [0.2, 0.25) is 0 Å². The fraction of sp³-hybridized carbons (Fsp3) is 0.528. The van der Waals surface area contributed by atoms with Crippen LogP contribution in [-0.2, 0) is 47.1 Å². The Kier molecular flexibility index (Phi) is 23.9. The molecule has 4 aliphatic carbocycles. The van der Waals surface area contributed by atoms with Crippen LogP contribution in [0.25, 0.3) is 0 Å². The Morgan fingerprint density at radius 2 is 1.00 bits per heavy atom. The smallest absolute Gasteiger partial charge is 3.00 e. The van der Waals surface area contributed by atoms with Gasteiger partial charge < -0.3 is 32.2 Å². The van der Waals surface area contributed by atoms with Gasteiger partial charge in [-0.1, -0.05) is 72.0 Å². The van der Waals surface area contributed by atoms with E-state index in [1.54, 1.807) is 11.1 Å². The summed E-state index contributed by atoms with van der Waals surface area (Å²) in [6, 6.07) is 0. The predicted molar refractivity (Wildman–Crippen MR) is 174 cm³/mol. The average molecular weight is 810 g/mol. The fourth-order valence-electron chi connectivity index (χ4n) is 5.93. The molecular weight excluding hydrogens is 757 g/mol. The van der Waals surface area contributed by atoms with E-state index in [1.807, 2.05) is 12.2 Å². The van der Waals surface area contributed by atoms with Crippen LogP contribution in [0.1, 0.15) is 110 Å². The van der Waals surface area contributed by atoms with E-state index in [1.165, 1.54) is 50.2 Å². The summed E-state index contributed by atoms with van der Waals surface area (Å²) < 4.78 is 0. The first-order valence-electron chi connectivity index (χ1n) is 13.6. The van der Waals surface area contributed by atoms with E-state index in [9.17, 15) is 0 Å². The van der Waals surface area contributed by atoms with E-state index in [2.05, 4.69) is 122 Å². The van der Waals surface area contributed by atoms with Crippen LogP contribution >= 0.6 is 17.0 Å². The van der Waals surface area contributed by atoms with Crippen LogP contribution in [-0.4, -0.2) is 0 Å². The molecule has 0 nitrogen and oxygen atoms in total. The molecule has 0 heterocycles. The van der Waals surface area contributed by atoms with Gasteiger partial charge in [-0.05, 0) is 75.0 Å². The van der Waals surface area contributed by atoms with Crippen molar-refractivity contribution in [1.29, 1.82) is 0 Å². The number of hydrogen-bond acceptors (Lipinski definition) is 0. The van der Waals surface area contributed by atoms with Crippen molar-refractivity contribution in [2.75, 3.05) is 0 Å². The molecule has 0 unspecified atom stereocenters. The van der Waals surface area contributed by atoms with E-state index >= 15 is 0 Å². The molecule has 1 radical (unpaired) electrons. The molecule has 4 aliphatic rings. The van der Waals surface area contributed by atoms with Crippen LogP contribution in [0.5, 0.6) is 0 Å². The molecule has 0 N–H and O–H groups in total. The Labute approximate surface area is 311 Å². The predicted octanol–water partition coefficient (Wildman–Crippen LogP) is 6.62. The summed E-state index contributed by atoms with van der Waals surface area (Å²) in [5.74, 6) is 0. The summed E-state index contributed by atoms with van der Waals surface area (Å²) in [6.07, 6.45) is 13.4. The molecule has 0 aromatic heterocycles. The molecule has 42 heavy (non-hydrogen) atoms. The van der Waals surface area contributed by atoms with Crippen LogP contribution in [0.4, 0.5) is 0 Å². The summed E-state index contributed by atoms with van der Waals surface area (Å²) >= 11 is -0.826. The van der Waals surface area contributed by atoms with Gasteiger partial charge in [0, 0.05) is 10.8 Å². The molecule has 0 aliphatic heterocycles. The zero-order valence-corrected chi connectivity index (χ0v) is 36.9. The van der Waals surface area contributed by atoms with Crippen molar-refractivity contribution in [3.63, 3.8) is 0 Å². The molecule has 0 saturated carbocycles. The Morgan fingerprint density at radius 1 is 0.643 bits per heavy atom. The minimum Gasteiger partial charge on any atom is 3.00 e. The van der Waals surface area contributed by atoms with Crippen LogP contribution in [0, 0.1) is 35.8 Å². The first-order chi connectivity index (χ1) is 17.3. The van der Waals surface area contributed by atoms with Gasteiger partial charge in [-0.15, -0.1) is 13.3 Å². The van der Waals surface area contributed by atoms with Gasteiger partial charge in [0.05, 0.1) is 0 Å². The van der Waals surface area contributed by atoms with Crippen molar-refractivity contribution in [1.82, 2.24) is 0 Å². The summed E-state index contributed by atoms with van der Waals surface area (Å²) in [5.41, 5.74) is 16.9. The minimum absolute atomic E-state index is 0. The van der Waals surface area contributed by atoms with Gasteiger partial charge in [0.1, 0.15) is 0 Å². The summed E-state index contributed by atoms with van der Waals surface area (Å²) in [7, 11) is 9.87. The van der Waals surface area contributed by atoms with Crippen LogP contribution in [0.3, 0.4) is 0 Å². The first kappa shape index (κ1) is 49.7. The fourth-order valence-corrected chi connectivity index (χ4v) is 5.93. The molecule has 6 heteroatoms. The quantitative estimate of drug-likeness (QED) is 0.262. The monoisotopic (exact) mass is 805 g/mol. The molecule has 4 rings (SSSR count). The van der Waals surface area contributed by atoms with Gasteiger partial charge in [0.15, 0.2) is 0 Å². The third kappa shape index (κ3) is 11.0. The molecule has 0 bridgehead atoms. The zero-order chi connectivity index (χ0) is 29.8. The van der Waals surface area contributed by atoms with Crippen molar-refractivity contribution in [3.05, 3.63) is 99.1 Å². The van der Waals surface area contributed by atoms with Crippen LogP contribution < -0.4 is 24.8 Å². The van der Waals surface area contributed by atoms with Gasteiger partial charge in [0.2, 0.25) is 0 Å². The normalized spacial score (nSPS) is 20.1. The Bertz CT molecular complexity index is 1110. The third-order valence-corrected chi connectivity index (χ3v) is 9.52. The third-order valence-electron chi connectivity index (χ3n) is 9.52. The van der Waals surface area contributed by atoms with E-state index in [4.69, 9.17) is 17.0 Å². The molecule has 233 valence electrons. The number of allylic oxidation sites excluding steroid dienone is 16. The molecule has 0 amide bonds. The topological polar surface area (TPSA) is 0 Å². The minimum atomic E-state index is -0.826. The van der Waals surface area contributed by atoms with Gasteiger partial charge >= 0.3 is 64.1 Å². The Morgan fingerprint density at radius 3 is 1.12 bits per heavy atom. The van der Waals surface area contributed by atoms with Gasteiger partial charge in [-0.25, -0.2) is 17.7 Å². The summed E-state index contributed by atoms with van der Waals surface area (Å²) in [4.78, 5) is 0. The van der Waals surface area contributed by atoms with Crippen molar-refractivity contribution >= 4 is 17.0 Å². The van der Waals surface area contributed by atoms with E-state index in [0.717, 1.165) is 6.42 Å². The van der Waals surface area contributed by atoms with E-state index in [-0.39, 0.29) is 74.7 Å². The molecule has 0 spiro atoms. The number of halogens is 4. The Balaban J connectivity index is -0.000000276.